The Morgan fingerprint density at radius 3 is 2.61 bits per heavy atom. The van der Waals surface area contributed by atoms with E-state index in [1.165, 1.54) is 20.1 Å². The molecule has 7 heteroatoms. The quantitative estimate of drug-likeness (QED) is 0.781. The minimum absolute atomic E-state index is 0.205. The van der Waals surface area contributed by atoms with Crippen molar-refractivity contribution in [1.29, 1.82) is 0 Å². The first-order valence-corrected chi connectivity index (χ1v) is 6.39. The third-order valence-electron chi connectivity index (χ3n) is 2.21. The van der Waals surface area contributed by atoms with E-state index in [-0.39, 0.29) is 5.56 Å². The van der Waals surface area contributed by atoms with E-state index in [0.717, 1.165) is 3.57 Å². The first kappa shape index (κ1) is 15.0. The standard InChI is InChI=1S/C11H11ClINO4/c1-5(11(16)17)14-10(15)6-3-7(12)8(13)4-9(6)18-2/h3-5H,1-2H3,(H,14,15)(H,16,17)/t5-/m0/s1. The van der Waals surface area contributed by atoms with Gasteiger partial charge >= 0.3 is 5.97 Å². The average molecular weight is 384 g/mol. The molecule has 0 bridgehead atoms. The Morgan fingerprint density at radius 1 is 1.50 bits per heavy atom. The number of methoxy groups -OCH3 is 1. The fraction of sp³-hybridized carbons (Fsp3) is 0.273. The normalized spacial score (nSPS) is 11.8. The summed E-state index contributed by atoms with van der Waals surface area (Å²) in [5.74, 6) is -1.31. The summed E-state index contributed by atoms with van der Waals surface area (Å²) >= 11 is 7.94. The highest BCUT2D eigenvalue weighted by molar-refractivity contribution is 14.1. The van der Waals surface area contributed by atoms with Crippen LogP contribution >= 0.6 is 34.2 Å². The predicted octanol–water partition coefficient (Wildman–Crippen LogP) is 2.16. The molecule has 0 saturated carbocycles. The van der Waals surface area contributed by atoms with E-state index in [0.29, 0.717) is 10.8 Å². The molecule has 0 unspecified atom stereocenters. The summed E-state index contributed by atoms with van der Waals surface area (Å²) in [5.41, 5.74) is 0.205. The molecule has 0 fully saturated rings. The monoisotopic (exact) mass is 383 g/mol. The van der Waals surface area contributed by atoms with Crippen LogP contribution in [-0.4, -0.2) is 30.1 Å². The van der Waals surface area contributed by atoms with Crippen molar-refractivity contribution >= 4 is 46.1 Å². The molecule has 98 valence electrons. The molecule has 1 rings (SSSR count). The second-order valence-electron chi connectivity index (χ2n) is 3.50. The number of aliphatic carboxylic acids is 1. The largest absolute Gasteiger partial charge is 0.496 e. The molecule has 0 saturated heterocycles. The molecular weight excluding hydrogens is 372 g/mol. The lowest BCUT2D eigenvalue weighted by Gasteiger charge is -2.13. The van der Waals surface area contributed by atoms with E-state index >= 15 is 0 Å². The summed E-state index contributed by atoms with van der Waals surface area (Å²) in [6.45, 7) is 1.38. The fourth-order valence-electron chi connectivity index (χ4n) is 1.21. The molecule has 0 aliphatic heterocycles. The van der Waals surface area contributed by atoms with Crippen LogP contribution in [-0.2, 0) is 4.79 Å². The lowest BCUT2D eigenvalue weighted by molar-refractivity contribution is -0.138. The summed E-state index contributed by atoms with van der Waals surface area (Å²) in [7, 11) is 1.43. The van der Waals surface area contributed by atoms with Gasteiger partial charge in [-0.25, -0.2) is 0 Å². The van der Waals surface area contributed by atoms with Crippen LogP contribution in [0.25, 0.3) is 0 Å². The minimum atomic E-state index is -1.11. The number of ether oxygens (including phenoxy) is 1. The number of carbonyl (C=O) groups is 2. The molecule has 0 spiro atoms. The fourth-order valence-corrected chi connectivity index (χ4v) is 1.81. The number of halogens is 2. The third-order valence-corrected chi connectivity index (χ3v) is 3.73. The van der Waals surface area contributed by atoms with Gasteiger partial charge in [-0.2, -0.15) is 0 Å². The average Bonchev–Trinajstić information content (AvgIpc) is 2.31. The van der Waals surface area contributed by atoms with Gasteiger partial charge in [-0.05, 0) is 41.6 Å². The zero-order valence-electron chi connectivity index (χ0n) is 9.66. The van der Waals surface area contributed by atoms with Crippen molar-refractivity contribution in [3.63, 3.8) is 0 Å². The smallest absolute Gasteiger partial charge is 0.325 e. The Morgan fingerprint density at radius 2 is 2.11 bits per heavy atom. The Balaban J connectivity index is 3.05. The lowest BCUT2D eigenvalue weighted by atomic mass is 10.1. The van der Waals surface area contributed by atoms with Gasteiger partial charge in [0, 0.05) is 3.57 Å². The number of benzene rings is 1. The molecule has 1 aromatic carbocycles. The first-order chi connectivity index (χ1) is 8.36. The predicted molar refractivity (Wildman–Crippen MR) is 75.3 cm³/mol. The van der Waals surface area contributed by atoms with E-state index in [9.17, 15) is 9.59 Å². The van der Waals surface area contributed by atoms with Crippen molar-refractivity contribution in [1.82, 2.24) is 5.32 Å². The van der Waals surface area contributed by atoms with Gasteiger partial charge < -0.3 is 15.2 Å². The molecular formula is C11H11ClINO4. The molecule has 0 radical (unpaired) electrons. The van der Waals surface area contributed by atoms with Crippen molar-refractivity contribution in [2.45, 2.75) is 13.0 Å². The van der Waals surface area contributed by atoms with Gasteiger partial charge in [0.25, 0.3) is 5.91 Å². The van der Waals surface area contributed by atoms with E-state index in [1.54, 1.807) is 6.07 Å². The van der Waals surface area contributed by atoms with E-state index in [1.807, 2.05) is 22.6 Å². The maximum absolute atomic E-state index is 11.9. The van der Waals surface area contributed by atoms with Crippen molar-refractivity contribution in [2.75, 3.05) is 7.11 Å². The van der Waals surface area contributed by atoms with Crippen LogP contribution < -0.4 is 10.1 Å². The number of amides is 1. The number of hydrogen-bond donors (Lipinski definition) is 2. The number of rotatable bonds is 4. The van der Waals surface area contributed by atoms with Crippen molar-refractivity contribution < 1.29 is 19.4 Å². The van der Waals surface area contributed by atoms with Crippen molar-refractivity contribution in [3.8, 4) is 5.75 Å². The Labute approximate surface area is 123 Å². The van der Waals surface area contributed by atoms with Crippen LogP contribution in [0.3, 0.4) is 0 Å². The maximum atomic E-state index is 11.9. The van der Waals surface area contributed by atoms with E-state index < -0.39 is 17.9 Å². The zero-order valence-corrected chi connectivity index (χ0v) is 12.6. The molecule has 2 N–H and O–H groups in total. The SMILES string of the molecule is COc1cc(I)c(Cl)cc1C(=O)N[C@@H](C)C(=O)O. The van der Waals surface area contributed by atoms with Gasteiger partial charge in [-0.1, -0.05) is 11.6 Å². The van der Waals surface area contributed by atoms with Crippen LogP contribution in [0.15, 0.2) is 12.1 Å². The topological polar surface area (TPSA) is 75.6 Å². The highest BCUT2D eigenvalue weighted by atomic mass is 127. The number of hydrogen-bond acceptors (Lipinski definition) is 3. The number of carbonyl (C=O) groups excluding carboxylic acids is 1. The molecule has 5 nitrogen and oxygen atoms in total. The number of nitrogens with one attached hydrogen (secondary N) is 1. The summed E-state index contributed by atoms with van der Waals surface area (Å²) < 4.78 is 5.82. The van der Waals surface area contributed by atoms with Crippen LogP contribution in [0, 0.1) is 3.57 Å². The second-order valence-corrected chi connectivity index (χ2v) is 5.07. The molecule has 0 aliphatic rings. The third kappa shape index (κ3) is 3.49. The lowest BCUT2D eigenvalue weighted by Crippen LogP contribution is -2.38. The van der Waals surface area contributed by atoms with Gasteiger partial charge in [-0.15, -0.1) is 0 Å². The Hall–Kier alpha value is -1.02. The summed E-state index contributed by atoms with van der Waals surface area (Å²) in [5, 5.41) is 11.5. The minimum Gasteiger partial charge on any atom is -0.496 e. The highest BCUT2D eigenvalue weighted by Gasteiger charge is 2.19. The van der Waals surface area contributed by atoms with Gasteiger partial charge in [0.15, 0.2) is 0 Å². The van der Waals surface area contributed by atoms with Crippen LogP contribution in [0.2, 0.25) is 5.02 Å². The van der Waals surface area contributed by atoms with Gasteiger partial charge in [0.05, 0.1) is 17.7 Å². The number of carboxylic acids is 1. The van der Waals surface area contributed by atoms with Crippen LogP contribution in [0.1, 0.15) is 17.3 Å². The van der Waals surface area contributed by atoms with Crippen molar-refractivity contribution in [2.24, 2.45) is 0 Å². The van der Waals surface area contributed by atoms with E-state index in [2.05, 4.69) is 5.32 Å². The van der Waals surface area contributed by atoms with Gasteiger partial charge in [0.1, 0.15) is 11.8 Å². The Kier molecular flexibility index (Phi) is 5.21. The molecule has 0 aliphatic carbocycles. The summed E-state index contributed by atoms with van der Waals surface area (Å²) in [6.07, 6.45) is 0. The summed E-state index contributed by atoms with van der Waals surface area (Å²) in [4.78, 5) is 22.6. The Bertz CT molecular complexity index is 492. The molecule has 1 amide bonds. The van der Waals surface area contributed by atoms with Crippen LogP contribution in [0.5, 0.6) is 5.75 Å². The maximum Gasteiger partial charge on any atom is 0.325 e. The van der Waals surface area contributed by atoms with E-state index in [4.69, 9.17) is 21.4 Å². The van der Waals surface area contributed by atoms with Gasteiger partial charge in [0.2, 0.25) is 0 Å². The molecule has 18 heavy (non-hydrogen) atoms. The zero-order chi connectivity index (χ0) is 13.9. The van der Waals surface area contributed by atoms with Crippen molar-refractivity contribution in [3.05, 3.63) is 26.3 Å². The molecule has 1 atom stereocenters. The highest BCUT2D eigenvalue weighted by Crippen LogP contribution is 2.28. The summed E-state index contributed by atoms with van der Waals surface area (Å²) in [6, 6.07) is 2.08. The van der Waals surface area contributed by atoms with Gasteiger partial charge in [-0.3, -0.25) is 9.59 Å². The molecule has 0 aromatic heterocycles. The number of carboxylic acid groups (broad SMARTS) is 1. The molecule has 1 aromatic rings. The molecule has 0 heterocycles. The second kappa shape index (κ2) is 6.24. The first-order valence-electron chi connectivity index (χ1n) is 4.93. The van der Waals surface area contributed by atoms with Crippen LogP contribution in [0.4, 0.5) is 0 Å².